The van der Waals surface area contributed by atoms with Crippen molar-refractivity contribution in [1.29, 1.82) is 0 Å². The standard InChI is InChI=1S/C21H33O4PS2/c1-7-23-26(22,24-8-2)19-17(16-13-11-10-12-14-16)15-18(25-21(4,5)6)28-20(19)27-9-3/h10-14,17-18H,7-9,15H2,1-6H3/t17-,18-/m0/s1. The number of hydrogen-bond acceptors (Lipinski definition) is 6. The Hall–Kier alpha value is -0.230. The number of allylic oxidation sites excluding steroid dienone is 1. The molecule has 2 rings (SSSR count). The van der Waals surface area contributed by atoms with E-state index in [0.29, 0.717) is 13.2 Å². The average Bonchev–Trinajstić information content (AvgIpc) is 2.61. The van der Waals surface area contributed by atoms with E-state index in [1.807, 2.05) is 32.0 Å². The highest BCUT2D eigenvalue weighted by atomic mass is 32.2. The quantitative estimate of drug-likeness (QED) is 0.374. The Kier molecular flexibility index (Phi) is 9.18. The predicted molar refractivity (Wildman–Crippen MR) is 122 cm³/mol. The largest absolute Gasteiger partial charge is 0.362 e. The SMILES string of the molecule is CCOP(=O)(OCC)C1=C(SCC)S[C@H](OC(C)(C)C)C[C@H]1c1ccccc1. The summed E-state index contributed by atoms with van der Waals surface area (Å²) >= 11 is 3.35. The maximum absolute atomic E-state index is 13.9. The van der Waals surface area contributed by atoms with E-state index >= 15 is 0 Å². The summed E-state index contributed by atoms with van der Waals surface area (Å²) in [5, 5.41) is 0.799. The van der Waals surface area contributed by atoms with Crippen molar-refractivity contribution in [1.82, 2.24) is 0 Å². The zero-order chi connectivity index (χ0) is 20.8. The fraction of sp³-hybridized carbons (Fsp3) is 0.619. The monoisotopic (exact) mass is 444 g/mol. The van der Waals surface area contributed by atoms with Gasteiger partial charge in [-0.3, -0.25) is 4.57 Å². The molecule has 0 N–H and O–H groups in total. The molecule has 28 heavy (non-hydrogen) atoms. The lowest BCUT2D eigenvalue weighted by molar-refractivity contribution is -0.0233. The zero-order valence-electron chi connectivity index (χ0n) is 17.8. The van der Waals surface area contributed by atoms with Crippen molar-refractivity contribution in [2.75, 3.05) is 19.0 Å². The van der Waals surface area contributed by atoms with Crippen LogP contribution in [0.3, 0.4) is 0 Å². The van der Waals surface area contributed by atoms with Gasteiger partial charge in [0.25, 0.3) is 0 Å². The second-order valence-electron chi connectivity index (χ2n) is 7.42. The molecule has 2 atom stereocenters. The highest BCUT2D eigenvalue weighted by molar-refractivity contribution is 8.22. The fourth-order valence-corrected chi connectivity index (χ4v) is 8.72. The van der Waals surface area contributed by atoms with Crippen LogP contribution in [0.15, 0.2) is 39.9 Å². The van der Waals surface area contributed by atoms with Crippen molar-refractivity contribution in [3.8, 4) is 0 Å². The van der Waals surface area contributed by atoms with E-state index in [1.54, 1.807) is 23.5 Å². The van der Waals surface area contributed by atoms with Crippen molar-refractivity contribution < 1.29 is 18.3 Å². The van der Waals surface area contributed by atoms with Gasteiger partial charge in [-0.05, 0) is 52.4 Å². The van der Waals surface area contributed by atoms with E-state index in [4.69, 9.17) is 13.8 Å². The van der Waals surface area contributed by atoms with E-state index < -0.39 is 7.60 Å². The first-order chi connectivity index (χ1) is 13.2. The summed E-state index contributed by atoms with van der Waals surface area (Å²) in [6, 6.07) is 10.2. The second-order valence-corrected chi connectivity index (χ2v) is 12.1. The molecular formula is C21H33O4PS2. The molecule has 0 saturated carbocycles. The predicted octanol–water partition coefficient (Wildman–Crippen LogP) is 7.24. The van der Waals surface area contributed by atoms with Crippen molar-refractivity contribution in [3.05, 3.63) is 45.4 Å². The van der Waals surface area contributed by atoms with Crippen LogP contribution in [0.2, 0.25) is 0 Å². The molecule has 1 aromatic carbocycles. The highest BCUT2D eigenvalue weighted by Crippen LogP contribution is 2.67. The van der Waals surface area contributed by atoms with Crippen LogP contribution in [0.25, 0.3) is 0 Å². The van der Waals surface area contributed by atoms with Crippen LogP contribution >= 0.6 is 31.1 Å². The lowest BCUT2D eigenvalue weighted by atomic mass is 9.95. The van der Waals surface area contributed by atoms with Gasteiger partial charge in [0, 0.05) is 5.92 Å². The molecule has 0 bridgehead atoms. The Labute approximate surface area is 178 Å². The zero-order valence-corrected chi connectivity index (χ0v) is 20.3. The summed E-state index contributed by atoms with van der Waals surface area (Å²) in [4.78, 5) is 0. The molecule has 0 saturated heterocycles. The van der Waals surface area contributed by atoms with Crippen LogP contribution in [0.5, 0.6) is 0 Å². The smallest absolute Gasteiger partial charge is 0.359 e. The Bertz CT molecular complexity index is 690. The molecule has 158 valence electrons. The lowest BCUT2D eigenvalue weighted by Gasteiger charge is -2.38. The summed E-state index contributed by atoms with van der Waals surface area (Å²) in [7, 11) is -3.40. The maximum atomic E-state index is 13.9. The first-order valence-corrected chi connectivity index (χ1v) is 13.3. The molecule has 1 aromatic rings. The Morgan fingerprint density at radius 1 is 1.11 bits per heavy atom. The molecule has 1 heterocycles. The highest BCUT2D eigenvalue weighted by Gasteiger charge is 2.44. The van der Waals surface area contributed by atoms with Gasteiger partial charge in [-0.2, -0.15) is 0 Å². The average molecular weight is 445 g/mol. The molecule has 0 aromatic heterocycles. The molecule has 1 aliphatic heterocycles. The van der Waals surface area contributed by atoms with E-state index in [0.717, 1.165) is 27.3 Å². The molecule has 1 aliphatic rings. The molecule has 0 radical (unpaired) electrons. The molecule has 4 nitrogen and oxygen atoms in total. The van der Waals surface area contributed by atoms with Crippen molar-refractivity contribution in [2.24, 2.45) is 0 Å². The van der Waals surface area contributed by atoms with Gasteiger partial charge in [-0.25, -0.2) is 0 Å². The van der Waals surface area contributed by atoms with E-state index in [1.165, 1.54) is 0 Å². The third-order valence-corrected chi connectivity index (χ3v) is 9.08. The maximum Gasteiger partial charge on any atom is 0.359 e. The number of thioether (sulfide) groups is 2. The summed E-state index contributed by atoms with van der Waals surface area (Å²) in [5.74, 6) is 0.821. The first kappa shape index (κ1) is 24.0. The van der Waals surface area contributed by atoms with Crippen molar-refractivity contribution in [2.45, 2.75) is 64.9 Å². The minimum Gasteiger partial charge on any atom is -0.362 e. The minimum absolute atomic E-state index is 0.0142. The summed E-state index contributed by atoms with van der Waals surface area (Å²) in [6.07, 6.45) is 0.735. The van der Waals surface area contributed by atoms with Crippen LogP contribution < -0.4 is 0 Å². The Morgan fingerprint density at radius 3 is 2.21 bits per heavy atom. The third kappa shape index (κ3) is 6.38. The minimum atomic E-state index is -3.40. The van der Waals surface area contributed by atoms with Crippen molar-refractivity contribution >= 4 is 31.1 Å². The summed E-state index contributed by atoms with van der Waals surface area (Å²) < 4.78 is 32.8. The molecule has 0 fully saturated rings. The second kappa shape index (κ2) is 10.7. The third-order valence-electron chi connectivity index (χ3n) is 4.06. The summed E-state index contributed by atoms with van der Waals surface area (Å²) in [5.41, 5.74) is 0.857. The normalized spacial score (nSPS) is 21.2. The van der Waals surface area contributed by atoms with Gasteiger partial charge in [0.15, 0.2) is 0 Å². The lowest BCUT2D eigenvalue weighted by Crippen LogP contribution is -2.29. The van der Waals surface area contributed by atoms with Gasteiger partial charge >= 0.3 is 7.60 Å². The molecule has 0 amide bonds. The van der Waals surface area contributed by atoms with Gasteiger partial charge in [0.05, 0.1) is 28.4 Å². The van der Waals surface area contributed by atoms with Crippen LogP contribution in [0.1, 0.15) is 59.4 Å². The van der Waals surface area contributed by atoms with Crippen LogP contribution in [0.4, 0.5) is 0 Å². The molecule has 0 spiro atoms. The van der Waals surface area contributed by atoms with Gasteiger partial charge in [0.1, 0.15) is 5.44 Å². The van der Waals surface area contributed by atoms with Gasteiger partial charge < -0.3 is 13.8 Å². The number of rotatable bonds is 9. The topological polar surface area (TPSA) is 44.8 Å². The molecule has 0 unspecified atom stereocenters. The molecular weight excluding hydrogens is 411 g/mol. The fourth-order valence-electron chi connectivity index (χ4n) is 3.18. The first-order valence-electron chi connectivity index (χ1n) is 9.90. The number of ether oxygens (including phenoxy) is 1. The Morgan fingerprint density at radius 2 is 1.71 bits per heavy atom. The van der Waals surface area contributed by atoms with E-state index in [9.17, 15) is 4.57 Å². The van der Waals surface area contributed by atoms with Gasteiger partial charge in [-0.1, -0.05) is 49.0 Å². The van der Waals surface area contributed by atoms with Crippen LogP contribution in [-0.4, -0.2) is 30.0 Å². The van der Waals surface area contributed by atoms with E-state index in [2.05, 4.69) is 39.8 Å². The van der Waals surface area contributed by atoms with Gasteiger partial charge in [-0.15, -0.1) is 11.8 Å². The number of hydrogen-bond donors (Lipinski definition) is 0. The summed E-state index contributed by atoms with van der Waals surface area (Å²) in [6.45, 7) is 12.7. The van der Waals surface area contributed by atoms with Crippen LogP contribution in [0, 0.1) is 0 Å². The molecule has 7 heteroatoms. The van der Waals surface area contributed by atoms with Crippen molar-refractivity contribution in [3.63, 3.8) is 0 Å². The molecule has 0 aliphatic carbocycles. The van der Waals surface area contributed by atoms with E-state index in [-0.39, 0.29) is 17.0 Å². The Balaban J connectivity index is 2.59. The van der Waals surface area contributed by atoms with Crippen LogP contribution in [-0.2, 0) is 18.3 Å². The van der Waals surface area contributed by atoms with Gasteiger partial charge in [0.2, 0.25) is 0 Å². The number of benzene rings is 1.